The van der Waals surface area contributed by atoms with Gasteiger partial charge in [-0.25, -0.2) is 0 Å². The molecular weight excluding hydrogens is 593 g/mol. The second-order valence-corrected chi connectivity index (χ2v) is 12.7. The van der Waals surface area contributed by atoms with Crippen LogP contribution in [-0.4, -0.2) is 9.97 Å². The van der Waals surface area contributed by atoms with Gasteiger partial charge >= 0.3 is 0 Å². The standard InChI is InChI=1S/C47H30N2/c1-2-14-30(15-3-1)31-21-10-26-42(46-39(27-13-29-48-46)40-24-12-23-38-35-19-8-9-28-43(35)49-47(38)40)44(31)41-25-11-22-37-34-17-5-4-16-32(34)33-18-6-7-20-36(33)45(37)41/h1-29,49H. The van der Waals surface area contributed by atoms with E-state index < -0.39 is 0 Å². The summed E-state index contributed by atoms with van der Waals surface area (Å²) in [5.74, 6) is 0. The van der Waals surface area contributed by atoms with Crippen LogP contribution in [0.5, 0.6) is 0 Å². The summed E-state index contributed by atoms with van der Waals surface area (Å²) in [5, 5.41) is 10.0. The summed E-state index contributed by atoms with van der Waals surface area (Å²) >= 11 is 0. The maximum absolute atomic E-state index is 5.19. The van der Waals surface area contributed by atoms with Gasteiger partial charge in [-0.2, -0.15) is 0 Å². The highest BCUT2D eigenvalue weighted by Gasteiger charge is 2.22. The molecule has 2 aromatic heterocycles. The predicted octanol–water partition coefficient (Wildman–Crippen LogP) is 12.8. The van der Waals surface area contributed by atoms with E-state index in [2.05, 4.69) is 175 Å². The number of pyridine rings is 1. The number of aromatic nitrogens is 2. The fourth-order valence-electron chi connectivity index (χ4n) is 8.00. The third kappa shape index (κ3) is 4.24. The van der Waals surface area contributed by atoms with E-state index >= 15 is 0 Å². The first-order chi connectivity index (χ1) is 24.3. The molecule has 0 aliphatic carbocycles. The fraction of sp³-hybridized carbons (Fsp3) is 0. The van der Waals surface area contributed by atoms with Crippen LogP contribution in [0.1, 0.15) is 0 Å². The second-order valence-electron chi connectivity index (χ2n) is 12.7. The highest BCUT2D eigenvalue weighted by atomic mass is 14.7. The molecule has 2 heteroatoms. The Bertz CT molecular complexity index is 2830. The van der Waals surface area contributed by atoms with Crippen LogP contribution in [0.4, 0.5) is 0 Å². The summed E-state index contributed by atoms with van der Waals surface area (Å²) in [5.41, 5.74) is 11.3. The SMILES string of the molecule is c1ccc(-c2cccc(-c3ncccc3-c3cccc4c3[nH]c3ccccc34)c2-c2cccc3c4ccccc4c4ccccc4c23)cc1. The van der Waals surface area contributed by atoms with Crippen molar-refractivity contribution in [1.29, 1.82) is 0 Å². The van der Waals surface area contributed by atoms with E-state index in [9.17, 15) is 0 Å². The van der Waals surface area contributed by atoms with Gasteiger partial charge < -0.3 is 4.98 Å². The van der Waals surface area contributed by atoms with Crippen LogP contribution in [0.3, 0.4) is 0 Å². The van der Waals surface area contributed by atoms with Crippen molar-refractivity contribution in [3.63, 3.8) is 0 Å². The highest BCUT2D eigenvalue weighted by molar-refractivity contribution is 6.29. The minimum atomic E-state index is 0.962. The lowest BCUT2D eigenvalue weighted by molar-refractivity contribution is 1.33. The van der Waals surface area contributed by atoms with Crippen LogP contribution in [0.2, 0.25) is 0 Å². The molecule has 0 spiro atoms. The van der Waals surface area contributed by atoms with Crippen molar-refractivity contribution in [2.24, 2.45) is 0 Å². The number of para-hydroxylation sites is 2. The van der Waals surface area contributed by atoms with Gasteiger partial charge in [-0.3, -0.25) is 4.98 Å². The van der Waals surface area contributed by atoms with Crippen molar-refractivity contribution in [2.45, 2.75) is 0 Å². The van der Waals surface area contributed by atoms with Crippen LogP contribution in [0.15, 0.2) is 176 Å². The van der Waals surface area contributed by atoms with Gasteiger partial charge in [-0.15, -0.1) is 0 Å². The van der Waals surface area contributed by atoms with Gasteiger partial charge in [0, 0.05) is 39.2 Å². The zero-order valence-electron chi connectivity index (χ0n) is 26.7. The maximum Gasteiger partial charge on any atom is 0.0787 e. The molecule has 0 amide bonds. The molecule has 0 unspecified atom stereocenters. The molecule has 0 aliphatic heterocycles. The number of benzene rings is 8. The van der Waals surface area contributed by atoms with E-state index in [-0.39, 0.29) is 0 Å². The van der Waals surface area contributed by atoms with E-state index in [1.807, 2.05) is 6.20 Å². The molecule has 0 atom stereocenters. The average molecular weight is 623 g/mol. The van der Waals surface area contributed by atoms with Crippen LogP contribution in [0.25, 0.3) is 98.8 Å². The number of nitrogens with one attached hydrogen (secondary N) is 1. The predicted molar refractivity (Wildman–Crippen MR) is 208 cm³/mol. The highest BCUT2D eigenvalue weighted by Crippen LogP contribution is 2.48. The Balaban J connectivity index is 1.34. The molecule has 228 valence electrons. The van der Waals surface area contributed by atoms with Crippen LogP contribution in [-0.2, 0) is 0 Å². The molecular formula is C47H30N2. The van der Waals surface area contributed by atoms with E-state index in [1.54, 1.807) is 0 Å². The van der Waals surface area contributed by atoms with E-state index in [4.69, 9.17) is 4.98 Å². The summed E-state index contributed by atoms with van der Waals surface area (Å²) in [6, 6.07) is 61.3. The summed E-state index contributed by atoms with van der Waals surface area (Å²) in [6.07, 6.45) is 1.93. The first-order valence-electron chi connectivity index (χ1n) is 16.8. The third-order valence-electron chi connectivity index (χ3n) is 10.1. The summed E-state index contributed by atoms with van der Waals surface area (Å²) in [7, 11) is 0. The van der Waals surface area contributed by atoms with Gasteiger partial charge in [0.1, 0.15) is 0 Å². The largest absolute Gasteiger partial charge is 0.354 e. The van der Waals surface area contributed by atoms with E-state index in [0.717, 1.165) is 33.4 Å². The lowest BCUT2D eigenvalue weighted by Crippen LogP contribution is -1.96. The van der Waals surface area contributed by atoms with E-state index in [1.165, 1.54) is 65.3 Å². The second kappa shape index (κ2) is 11.0. The topological polar surface area (TPSA) is 28.7 Å². The van der Waals surface area contributed by atoms with Crippen LogP contribution < -0.4 is 0 Å². The molecule has 1 N–H and O–H groups in total. The molecule has 0 saturated heterocycles. The number of rotatable bonds is 4. The Morgan fingerprint density at radius 2 is 0.878 bits per heavy atom. The zero-order valence-corrected chi connectivity index (χ0v) is 26.7. The Hall–Kier alpha value is -6.51. The number of nitrogens with zero attached hydrogens (tertiary/aromatic N) is 1. The van der Waals surface area contributed by atoms with Gasteiger partial charge in [0.05, 0.1) is 11.2 Å². The molecule has 8 aromatic carbocycles. The first-order valence-corrected chi connectivity index (χ1v) is 16.8. The van der Waals surface area contributed by atoms with Crippen molar-refractivity contribution in [3.8, 4) is 44.6 Å². The number of fused-ring (bicyclic) bond motifs is 9. The number of aromatic amines is 1. The van der Waals surface area contributed by atoms with Crippen LogP contribution >= 0.6 is 0 Å². The lowest BCUT2D eigenvalue weighted by atomic mass is 9.83. The third-order valence-corrected chi connectivity index (χ3v) is 10.1. The minimum Gasteiger partial charge on any atom is -0.354 e. The Kier molecular flexibility index (Phi) is 6.22. The molecule has 49 heavy (non-hydrogen) atoms. The molecule has 0 bridgehead atoms. The molecule has 10 aromatic rings. The minimum absolute atomic E-state index is 0.962. The molecule has 2 heterocycles. The van der Waals surface area contributed by atoms with Crippen molar-refractivity contribution in [3.05, 3.63) is 176 Å². The van der Waals surface area contributed by atoms with Crippen molar-refractivity contribution in [2.75, 3.05) is 0 Å². The Morgan fingerprint density at radius 3 is 1.65 bits per heavy atom. The lowest BCUT2D eigenvalue weighted by Gasteiger charge is -2.21. The van der Waals surface area contributed by atoms with Crippen molar-refractivity contribution in [1.82, 2.24) is 9.97 Å². The monoisotopic (exact) mass is 622 g/mol. The van der Waals surface area contributed by atoms with Crippen LogP contribution in [0, 0.1) is 0 Å². The van der Waals surface area contributed by atoms with Crippen molar-refractivity contribution < 1.29 is 0 Å². The summed E-state index contributed by atoms with van der Waals surface area (Å²) in [6.45, 7) is 0. The molecule has 10 rings (SSSR count). The molecule has 2 nitrogen and oxygen atoms in total. The van der Waals surface area contributed by atoms with Crippen molar-refractivity contribution >= 4 is 54.1 Å². The number of H-pyrrole nitrogens is 1. The zero-order chi connectivity index (χ0) is 32.3. The smallest absolute Gasteiger partial charge is 0.0787 e. The molecule has 0 fully saturated rings. The maximum atomic E-state index is 5.19. The molecule has 0 aliphatic rings. The first kappa shape index (κ1) is 27.6. The number of hydrogen-bond acceptors (Lipinski definition) is 1. The number of hydrogen-bond donors (Lipinski definition) is 1. The average Bonchev–Trinajstić information content (AvgIpc) is 3.57. The summed E-state index contributed by atoms with van der Waals surface area (Å²) in [4.78, 5) is 8.93. The molecule has 0 saturated carbocycles. The van der Waals surface area contributed by atoms with Gasteiger partial charge in [0.2, 0.25) is 0 Å². The Morgan fingerprint density at radius 1 is 0.347 bits per heavy atom. The van der Waals surface area contributed by atoms with E-state index in [0.29, 0.717) is 0 Å². The quantitative estimate of drug-likeness (QED) is 0.194. The van der Waals surface area contributed by atoms with Gasteiger partial charge in [0.25, 0.3) is 0 Å². The normalized spacial score (nSPS) is 11.7. The fourth-order valence-corrected chi connectivity index (χ4v) is 8.00. The van der Waals surface area contributed by atoms with Gasteiger partial charge in [0.15, 0.2) is 0 Å². The van der Waals surface area contributed by atoms with Gasteiger partial charge in [-0.1, -0.05) is 158 Å². The Labute approximate surface area is 283 Å². The summed E-state index contributed by atoms with van der Waals surface area (Å²) < 4.78 is 0. The molecule has 0 radical (unpaired) electrons. The van der Waals surface area contributed by atoms with Gasteiger partial charge in [-0.05, 0) is 66.7 Å².